The van der Waals surface area contributed by atoms with E-state index in [-0.39, 0.29) is 13.2 Å². The third-order valence-corrected chi connectivity index (χ3v) is 7.82. The highest BCUT2D eigenvalue weighted by Gasteiger charge is 2.48. The molecule has 1 aliphatic heterocycles. The molecule has 3 aromatic rings. The van der Waals surface area contributed by atoms with E-state index >= 15 is 0 Å². The van der Waals surface area contributed by atoms with Crippen LogP contribution in [0.2, 0.25) is 0 Å². The van der Waals surface area contributed by atoms with E-state index in [4.69, 9.17) is 19.2 Å². The number of carboxylic acid groups (broad SMARTS) is 2. The van der Waals surface area contributed by atoms with Gasteiger partial charge in [0, 0.05) is 17.5 Å². The Balaban J connectivity index is 1.70. The van der Waals surface area contributed by atoms with Crippen molar-refractivity contribution >= 4 is 11.9 Å². The van der Waals surface area contributed by atoms with E-state index in [2.05, 4.69) is 6.92 Å². The van der Waals surface area contributed by atoms with E-state index in [1.54, 1.807) is 20.1 Å². The quantitative estimate of drug-likeness (QED) is 0.357. The first kappa shape index (κ1) is 26.5. The van der Waals surface area contributed by atoms with Crippen molar-refractivity contribution in [1.82, 2.24) is 4.98 Å². The second kappa shape index (κ2) is 11.0. The number of nitrogens with zero attached hydrogens (tertiary/aromatic N) is 1. The maximum absolute atomic E-state index is 13.1. The number of hydrogen-bond acceptors (Lipinski definition) is 6. The molecule has 0 bridgehead atoms. The smallest absolute Gasteiger partial charge is 0.308 e. The summed E-state index contributed by atoms with van der Waals surface area (Å²) < 4.78 is 16.5. The van der Waals surface area contributed by atoms with Crippen molar-refractivity contribution in [3.63, 3.8) is 0 Å². The number of pyridine rings is 1. The molecule has 0 spiro atoms. The van der Waals surface area contributed by atoms with Gasteiger partial charge in [-0.15, -0.1) is 0 Å². The molecule has 2 N–H and O–H groups in total. The summed E-state index contributed by atoms with van der Waals surface area (Å²) in [5.41, 5.74) is 4.84. The van der Waals surface area contributed by atoms with E-state index in [9.17, 15) is 19.8 Å². The van der Waals surface area contributed by atoms with Crippen LogP contribution in [0.15, 0.2) is 48.5 Å². The van der Waals surface area contributed by atoms with Gasteiger partial charge in [0.05, 0.1) is 24.6 Å². The summed E-state index contributed by atoms with van der Waals surface area (Å²) in [7, 11) is 1.56. The molecule has 0 saturated carbocycles. The van der Waals surface area contributed by atoms with Crippen LogP contribution in [-0.2, 0) is 22.4 Å². The zero-order valence-electron chi connectivity index (χ0n) is 22.3. The minimum Gasteiger partial charge on any atom is -0.497 e. The number of ether oxygens (including phenoxy) is 3. The van der Waals surface area contributed by atoms with Gasteiger partial charge in [0.15, 0.2) is 11.5 Å². The number of hydrogen-bond donors (Lipinski definition) is 2. The Hall–Kier alpha value is -4.07. The Kier molecular flexibility index (Phi) is 7.46. The molecule has 0 fully saturated rings. The van der Waals surface area contributed by atoms with E-state index in [0.29, 0.717) is 17.2 Å². The normalized spacial score (nSPS) is 19.9. The zero-order chi connectivity index (χ0) is 27.7. The molecule has 204 valence electrons. The number of aryl methyl sites for hydroxylation is 1. The number of unbranched alkanes of at least 4 members (excludes halogenated alkanes) is 1. The lowest BCUT2D eigenvalue weighted by molar-refractivity contribution is -0.143. The largest absolute Gasteiger partial charge is 0.497 e. The molecule has 1 aromatic heterocycles. The van der Waals surface area contributed by atoms with Gasteiger partial charge in [0.1, 0.15) is 5.75 Å². The van der Waals surface area contributed by atoms with Crippen molar-refractivity contribution in [3.8, 4) is 17.2 Å². The van der Waals surface area contributed by atoms with Crippen LogP contribution < -0.4 is 14.2 Å². The summed E-state index contributed by atoms with van der Waals surface area (Å²) in [5.74, 6) is -2.60. The number of carboxylic acids is 2. The highest BCUT2D eigenvalue weighted by Crippen LogP contribution is 2.54. The maximum atomic E-state index is 13.1. The van der Waals surface area contributed by atoms with Crippen LogP contribution in [0, 0.1) is 11.8 Å². The minimum absolute atomic E-state index is 0.129. The summed E-state index contributed by atoms with van der Waals surface area (Å²) in [4.78, 5) is 29.9. The zero-order valence-corrected chi connectivity index (χ0v) is 22.3. The second-order valence-electron chi connectivity index (χ2n) is 10.3. The van der Waals surface area contributed by atoms with Crippen molar-refractivity contribution < 1.29 is 34.0 Å². The van der Waals surface area contributed by atoms with Crippen LogP contribution in [-0.4, -0.2) is 41.0 Å². The van der Waals surface area contributed by atoms with Gasteiger partial charge in [-0.25, -0.2) is 0 Å². The standard InChI is InChI=1S/C31H33NO7/c1-4-5-6-20-8-10-23-26(18-7-12-24-25(15-18)39-16-38-24)28(31(35)36)27(29(23)32-20)22-11-9-21(37-3)14-19(22)13-17(2)30(33)34/h7-12,14-15,17,26-28H,4-6,13,16H2,1-3H3,(H,33,34)(H,35,36)/t17-,26-,27-,28+/m0/s1. The highest BCUT2D eigenvalue weighted by molar-refractivity contribution is 5.78. The van der Waals surface area contributed by atoms with Crippen LogP contribution in [0.1, 0.15) is 72.2 Å². The van der Waals surface area contributed by atoms with Gasteiger partial charge in [-0.2, -0.15) is 0 Å². The summed E-state index contributed by atoms with van der Waals surface area (Å²) in [5, 5.41) is 20.4. The summed E-state index contributed by atoms with van der Waals surface area (Å²) in [6.07, 6.45) is 3.04. The Labute approximate surface area is 227 Å². The molecule has 2 aromatic carbocycles. The predicted octanol–water partition coefficient (Wildman–Crippen LogP) is 5.40. The van der Waals surface area contributed by atoms with Crippen LogP contribution in [0.4, 0.5) is 0 Å². The molecule has 8 nitrogen and oxygen atoms in total. The fourth-order valence-electron chi connectivity index (χ4n) is 5.82. The van der Waals surface area contributed by atoms with Crippen molar-refractivity contribution in [1.29, 1.82) is 0 Å². The lowest BCUT2D eigenvalue weighted by Gasteiger charge is -2.25. The predicted molar refractivity (Wildman–Crippen MR) is 144 cm³/mol. The van der Waals surface area contributed by atoms with Crippen LogP contribution in [0.3, 0.4) is 0 Å². The molecule has 5 rings (SSSR count). The number of aromatic nitrogens is 1. The van der Waals surface area contributed by atoms with Gasteiger partial charge < -0.3 is 24.4 Å². The second-order valence-corrected chi connectivity index (χ2v) is 10.3. The van der Waals surface area contributed by atoms with Crippen molar-refractivity contribution in [2.75, 3.05) is 13.9 Å². The average Bonchev–Trinajstić information content (AvgIpc) is 3.53. The average molecular weight is 532 g/mol. The van der Waals surface area contributed by atoms with Crippen LogP contribution >= 0.6 is 0 Å². The van der Waals surface area contributed by atoms with Gasteiger partial charge in [-0.1, -0.05) is 38.5 Å². The number of methoxy groups -OCH3 is 1. The molecule has 0 saturated heterocycles. The summed E-state index contributed by atoms with van der Waals surface area (Å²) in [6.45, 7) is 3.91. The Morgan fingerprint density at radius 3 is 2.51 bits per heavy atom. The third-order valence-electron chi connectivity index (χ3n) is 7.82. The van der Waals surface area contributed by atoms with Gasteiger partial charge in [0.25, 0.3) is 0 Å². The first-order valence-electron chi connectivity index (χ1n) is 13.3. The van der Waals surface area contributed by atoms with Crippen molar-refractivity contribution in [2.45, 2.75) is 51.4 Å². The van der Waals surface area contributed by atoms with Gasteiger partial charge in [-0.05, 0) is 71.8 Å². The minimum atomic E-state index is -0.941. The first-order valence-corrected chi connectivity index (χ1v) is 13.3. The summed E-state index contributed by atoms with van der Waals surface area (Å²) in [6, 6.07) is 15.1. The molecule has 4 atom stereocenters. The van der Waals surface area contributed by atoms with Gasteiger partial charge >= 0.3 is 11.9 Å². The van der Waals surface area contributed by atoms with E-state index < -0.39 is 35.6 Å². The molecule has 0 amide bonds. The van der Waals surface area contributed by atoms with Crippen molar-refractivity contribution in [3.05, 3.63) is 82.2 Å². The molecule has 0 unspecified atom stereocenters. The monoisotopic (exact) mass is 531 g/mol. The third kappa shape index (κ3) is 5.03. The molecule has 2 aliphatic rings. The fraction of sp³-hybridized carbons (Fsp3) is 0.387. The molecule has 39 heavy (non-hydrogen) atoms. The maximum Gasteiger partial charge on any atom is 0.308 e. The topological polar surface area (TPSA) is 115 Å². The lowest BCUT2D eigenvalue weighted by atomic mass is 9.78. The number of rotatable bonds is 10. The van der Waals surface area contributed by atoms with Crippen molar-refractivity contribution in [2.24, 2.45) is 11.8 Å². The number of aliphatic carboxylic acids is 2. The number of carbonyl (C=O) groups is 2. The fourth-order valence-corrected chi connectivity index (χ4v) is 5.82. The molecule has 0 radical (unpaired) electrons. The molecular formula is C31H33NO7. The Morgan fingerprint density at radius 2 is 1.79 bits per heavy atom. The molecule has 8 heteroatoms. The van der Waals surface area contributed by atoms with Crippen LogP contribution in [0.25, 0.3) is 0 Å². The Bertz CT molecular complexity index is 1400. The number of benzene rings is 2. The SMILES string of the molecule is CCCCc1ccc2c(n1)[C@@H](c1ccc(OC)cc1C[C@H](C)C(=O)O)[C@H](C(=O)O)[C@H]2c1ccc2c(c1)OCO2. The first-order chi connectivity index (χ1) is 18.8. The molecule has 1 aliphatic carbocycles. The number of fused-ring (bicyclic) bond motifs is 2. The molecular weight excluding hydrogens is 498 g/mol. The Morgan fingerprint density at radius 1 is 1.03 bits per heavy atom. The highest BCUT2D eigenvalue weighted by atomic mass is 16.7. The van der Waals surface area contributed by atoms with Gasteiger partial charge in [0.2, 0.25) is 6.79 Å². The van der Waals surface area contributed by atoms with Crippen LogP contribution in [0.5, 0.6) is 17.2 Å². The lowest BCUT2D eigenvalue weighted by Crippen LogP contribution is -2.25. The summed E-state index contributed by atoms with van der Waals surface area (Å²) >= 11 is 0. The van der Waals surface area contributed by atoms with E-state index in [0.717, 1.165) is 52.9 Å². The van der Waals surface area contributed by atoms with E-state index in [1.807, 2.05) is 42.5 Å². The molecule has 2 heterocycles. The van der Waals surface area contributed by atoms with E-state index in [1.165, 1.54) is 0 Å². The van der Waals surface area contributed by atoms with Gasteiger partial charge in [-0.3, -0.25) is 14.6 Å².